The molecule has 1 aromatic rings. The number of hydrogen-bond acceptors (Lipinski definition) is 4. The summed E-state index contributed by atoms with van der Waals surface area (Å²) in [6.45, 7) is 10.2. The van der Waals surface area contributed by atoms with Crippen LogP contribution in [-0.4, -0.2) is 66.7 Å². The number of nitrogens with one attached hydrogen (secondary N) is 1. The maximum atomic E-state index is 12.1. The number of nitrogens with zero attached hydrogens (tertiary/aromatic N) is 2. The van der Waals surface area contributed by atoms with E-state index in [4.69, 9.17) is 5.11 Å². The number of amides is 1. The summed E-state index contributed by atoms with van der Waals surface area (Å²) in [6, 6.07) is 10.5. The molecule has 5 heteroatoms. The van der Waals surface area contributed by atoms with Crippen LogP contribution in [0, 0.1) is 5.41 Å². The van der Waals surface area contributed by atoms with Gasteiger partial charge in [0.15, 0.2) is 0 Å². The molecule has 1 aromatic carbocycles. The number of carbonyl (C=O) groups is 1. The van der Waals surface area contributed by atoms with Gasteiger partial charge in [0.2, 0.25) is 5.91 Å². The Morgan fingerprint density at radius 1 is 1.12 bits per heavy atom. The standard InChI is InChI=1S/C19H31N3O2/c1-19(2,8-13-23)16-20-18(24)15-22-11-9-21(10-12-22)14-17-6-4-3-5-7-17/h3-7,23H,8-16H2,1-2H3,(H,20,24). The molecule has 1 saturated heterocycles. The lowest BCUT2D eigenvalue weighted by molar-refractivity contribution is -0.123. The van der Waals surface area contributed by atoms with Gasteiger partial charge in [-0.1, -0.05) is 44.2 Å². The Morgan fingerprint density at radius 2 is 1.75 bits per heavy atom. The van der Waals surface area contributed by atoms with Gasteiger partial charge in [-0.05, 0) is 17.4 Å². The fourth-order valence-corrected chi connectivity index (χ4v) is 2.94. The first-order chi connectivity index (χ1) is 11.5. The van der Waals surface area contributed by atoms with Gasteiger partial charge in [-0.3, -0.25) is 14.6 Å². The molecule has 0 unspecified atom stereocenters. The molecule has 0 saturated carbocycles. The summed E-state index contributed by atoms with van der Waals surface area (Å²) in [5.41, 5.74) is 1.29. The van der Waals surface area contributed by atoms with Crippen LogP contribution in [-0.2, 0) is 11.3 Å². The van der Waals surface area contributed by atoms with Crippen molar-refractivity contribution in [1.29, 1.82) is 0 Å². The molecule has 0 aliphatic carbocycles. The zero-order valence-corrected chi connectivity index (χ0v) is 15.0. The number of carbonyl (C=O) groups excluding carboxylic acids is 1. The smallest absolute Gasteiger partial charge is 0.234 e. The summed E-state index contributed by atoms with van der Waals surface area (Å²) in [5.74, 6) is 0.0810. The van der Waals surface area contributed by atoms with E-state index in [0.29, 0.717) is 19.5 Å². The van der Waals surface area contributed by atoms with Gasteiger partial charge in [0.1, 0.15) is 0 Å². The molecule has 1 aliphatic heterocycles. The van der Waals surface area contributed by atoms with Crippen molar-refractivity contribution < 1.29 is 9.90 Å². The fourth-order valence-electron chi connectivity index (χ4n) is 2.94. The van der Waals surface area contributed by atoms with Crippen LogP contribution in [0.15, 0.2) is 30.3 Å². The highest BCUT2D eigenvalue weighted by molar-refractivity contribution is 5.78. The predicted octanol–water partition coefficient (Wildman–Crippen LogP) is 1.33. The van der Waals surface area contributed by atoms with E-state index in [0.717, 1.165) is 32.7 Å². The highest BCUT2D eigenvalue weighted by atomic mass is 16.3. The number of rotatable bonds is 8. The normalized spacial score (nSPS) is 17.0. The molecule has 2 N–H and O–H groups in total. The van der Waals surface area contributed by atoms with E-state index in [2.05, 4.69) is 53.2 Å². The molecule has 0 atom stereocenters. The van der Waals surface area contributed by atoms with Crippen LogP contribution >= 0.6 is 0 Å². The molecule has 0 bridgehead atoms. The summed E-state index contributed by atoms with van der Waals surface area (Å²) >= 11 is 0. The molecule has 0 spiro atoms. The van der Waals surface area contributed by atoms with Gasteiger partial charge >= 0.3 is 0 Å². The molecule has 2 rings (SSSR count). The van der Waals surface area contributed by atoms with Crippen molar-refractivity contribution in [2.75, 3.05) is 45.9 Å². The zero-order valence-electron chi connectivity index (χ0n) is 15.0. The quantitative estimate of drug-likeness (QED) is 0.754. The first-order valence-electron chi connectivity index (χ1n) is 8.85. The number of benzene rings is 1. The molecule has 1 aliphatic rings. The van der Waals surface area contributed by atoms with Crippen LogP contribution in [0.5, 0.6) is 0 Å². The second-order valence-corrected chi connectivity index (χ2v) is 7.45. The Kier molecular flexibility index (Phi) is 7.21. The maximum Gasteiger partial charge on any atom is 0.234 e. The number of aliphatic hydroxyl groups is 1. The molecule has 1 heterocycles. The monoisotopic (exact) mass is 333 g/mol. The second kappa shape index (κ2) is 9.16. The number of piperazine rings is 1. The first-order valence-corrected chi connectivity index (χ1v) is 8.85. The second-order valence-electron chi connectivity index (χ2n) is 7.45. The minimum absolute atomic E-state index is 0.0568. The van der Waals surface area contributed by atoms with E-state index in [9.17, 15) is 4.79 Å². The van der Waals surface area contributed by atoms with Crippen molar-refractivity contribution in [3.8, 4) is 0 Å². The summed E-state index contributed by atoms with van der Waals surface area (Å²) < 4.78 is 0. The lowest BCUT2D eigenvalue weighted by atomic mass is 9.90. The number of hydrogen-bond donors (Lipinski definition) is 2. The summed E-state index contributed by atoms with van der Waals surface area (Å²) in [5, 5.41) is 12.0. The van der Waals surface area contributed by atoms with Gasteiger partial charge in [-0.25, -0.2) is 0 Å². The summed E-state index contributed by atoms with van der Waals surface area (Å²) in [4.78, 5) is 16.8. The van der Waals surface area contributed by atoms with E-state index in [1.165, 1.54) is 5.56 Å². The van der Waals surface area contributed by atoms with Crippen molar-refractivity contribution in [1.82, 2.24) is 15.1 Å². The Bertz CT molecular complexity index is 497. The highest BCUT2D eigenvalue weighted by Crippen LogP contribution is 2.17. The van der Waals surface area contributed by atoms with Crippen LogP contribution in [0.4, 0.5) is 0 Å². The fraction of sp³-hybridized carbons (Fsp3) is 0.632. The minimum Gasteiger partial charge on any atom is -0.396 e. The Hall–Kier alpha value is -1.43. The lowest BCUT2D eigenvalue weighted by Gasteiger charge is -2.34. The summed E-state index contributed by atoms with van der Waals surface area (Å²) in [7, 11) is 0. The first kappa shape index (κ1) is 18.9. The third kappa shape index (κ3) is 6.59. The molecule has 0 radical (unpaired) electrons. The van der Waals surface area contributed by atoms with E-state index in [1.54, 1.807) is 0 Å². The lowest BCUT2D eigenvalue weighted by Crippen LogP contribution is -2.49. The molecule has 24 heavy (non-hydrogen) atoms. The van der Waals surface area contributed by atoms with Gasteiger partial charge in [0, 0.05) is 45.9 Å². The predicted molar refractivity (Wildman–Crippen MR) is 96.7 cm³/mol. The number of aliphatic hydroxyl groups excluding tert-OH is 1. The van der Waals surface area contributed by atoms with Crippen LogP contribution in [0.1, 0.15) is 25.8 Å². The van der Waals surface area contributed by atoms with Crippen LogP contribution in [0.3, 0.4) is 0 Å². The van der Waals surface area contributed by atoms with Gasteiger partial charge in [0.25, 0.3) is 0 Å². The highest BCUT2D eigenvalue weighted by Gasteiger charge is 2.21. The van der Waals surface area contributed by atoms with Crippen molar-refractivity contribution >= 4 is 5.91 Å². The molecule has 134 valence electrons. The van der Waals surface area contributed by atoms with Crippen molar-refractivity contribution in [2.24, 2.45) is 5.41 Å². The van der Waals surface area contributed by atoms with Crippen molar-refractivity contribution in [2.45, 2.75) is 26.8 Å². The van der Waals surface area contributed by atoms with E-state index >= 15 is 0 Å². The molecule has 5 nitrogen and oxygen atoms in total. The third-order valence-corrected chi connectivity index (χ3v) is 4.63. The maximum absolute atomic E-state index is 12.1. The zero-order chi connectivity index (χ0) is 17.4. The van der Waals surface area contributed by atoms with Crippen LogP contribution < -0.4 is 5.32 Å². The molecule has 1 amide bonds. The van der Waals surface area contributed by atoms with E-state index in [1.807, 2.05) is 6.07 Å². The van der Waals surface area contributed by atoms with Gasteiger partial charge in [-0.2, -0.15) is 0 Å². The van der Waals surface area contributed by atoms with Crippen molar-refractivity contribution in [3.05, 3.63) is 35.9 Å². The SMILES string of the molecule is CC(C)(CCO)CNC(=O)CN1CCN(Cc2ccccc2)CC1. The Balaban J connectivity index is 1.66. The molecule has 0 aromatic heterocycles. The third-order valence-electron chi connectivity index (χ3n) is 4.63. The average Bonchev–Trinajstić information content (AvgIpc) is 2.56. The van der Waals surface area contributed by atoms with Crippen LogP contribution in [0.2, 0.25) is 0 Å². The van der Waals surface area contributed by atoms with Gasteiger partial charge in [0.05, 0.1) is 6.54 Å². The molecular formula is C19H31N3O2. The molecule has 1 fully saturated rings. The van der Waals surface area contributed by atoms with Crippen molar-refractivity contribution in [3.63, 3.8) is 0 Å². The Morgan fingerprint density at radius 3 is 2.38 bits per heavy atom. The van der Waals surface area contributed by atoms with Crippen LogP contribution in [0.25, 0.3) is 0 Å². The minimum atomic E-state index is -0.0568. The summed E-state index contributed by atoms with van der Waals surface area (Å²) in [6.07, 6.45) is 0.700. The molecular weight excluding hydrogens is 302 g/mol. The van der Waals surface area contributed by atoms with Gasteiger partial charge < -0.3 is 10.4 Å². The largest absolute Gasteiger partial charge is 0.396 e. The van der Waals surface area contributed by atoms with E-state index < -0.39 is 0 Å². The van der Waals surface area contributed by atoms with Gasteiger partial charge in [-0.15, -0.1) is 0 Å². The topological polar surface area (TPSA) is 55.8 Å². The Labute approximate surface area is 145 Å². The van der Waals surface area contributed by atoms with E-state index in [-0.39, 0.29) is 17.9 Å². The average molecular weight is 333 g/mol.